The van der Waals surface area contributed by atoms with Crippen molar-refractivity contribution >= 4 is 18.0 Å². The number of nitrogens with one attached hydrogen (secondary N) is 1. The van der Waals surface area contributed by atoms with Crippen LogP contribution in [0.5, 0.6) is 0 Å². The van der Waals surface area contributed by atoms with Crippen LogP contribution in [0, 0.1) is 5.92 Å². The lowest BCUT2D eigenvalue weighted by atomic mass is 9.98. The zero-order valence-corrected chi connectivity index (χ0v) is 18.7. The molecule has 170 valence electrons. The van der Waals surface area contributed by atoms with Crippen LogP contribution >= 0.6 is 0 Å². The van der Waals surface area contributed by atoms with Gasteiger partial charge in [0.05, 0.1) is 0 Å². The highest BCUT2D eigenvalue weighted by atomic mass is 16.5. The van der Waals surface area contributed by atoms with Crippen molar-refractivity contribution in [2.75, 3.05) is 19.7 Å². The van der Waals surface area contributed by atoms with Gasteiger partial charge in [0, 0.05) is 12.5 Å². The molecule has 0 aliphatic heterocycles. The zero-order chi connectivity index (χ0) is 23.3. The van der Waals surface area contributed by atoms with E-state index < -0.39 is 30.6 Å². The zero-order valence-electron chi connectivity index (χ0n) is 18.7. The topological polar surface area (TPSA) is 95.9 Å². The van der Waals surface area contributed by atoms with Gasteiger partial charge < -0.3 is 20.1 Å². The maximum atomic E-state index is 12.9. The Morgan fingerprint density at radius 3 is 2.09 bits per heavy atom. The molecule has 0 heterocycles. The molecule has 7 nitrogen and oxygen atoms in total. The van der Waals surface area contributed by atoms with E-state index in [4.69, 9.17) is 9.84 Å². The number of alkyl carbamates (subject to hydrolysis) is 1. The van der Waals surface area contributed by atoms with Gasteiger partial charge in [-0.2, -0.15) is 0 Å². The maximum absolute atomic E-state index is 12.9. The Morgan fingerprint density at radius 2 is 1.59 bits per heavy atom. The minimum Gasteiger partial charge on any atom is -0.480 e. The summed E-state index contributed by atoms with van der Waals surface area (Å²) in [4.78, 5) is 37.8. The van der Waals surface area contributed by atoms with Crippen LogP contribution in [0.3, 0.4) is 0 Å². The van der Waals surface area contributed by atoms with Gasteiger partial charge >= 0.3 is 12.1 Å². The van der Waals surface area contributed by atoms with Gasteiger partial charge in [0.1, 0.15) is 19.2 Å². The van der Waals surface area contributed by atoms with Gasteiger partial charge in [-0.05, 0) is 41.5 Å². The van der Waals surface area contributed by atoms with Gasteiger partial charge in [-0.25, -0.2) is 4.79 Å². The number of rotatable bonds is 9. The molecule has 0 bridgehead atoms. The van der Waals surface area contributed by atoms with Crippen molar-refractivity contribution in [3.05, 3.63) is 59.7 Å². The lowest BCUT2D eigenvalue weighted by molar-refractivity contribution is -0.145. The molecule has 0 saturated heterocycles. The predicted molar refractivity (Wildman–Crippen MR) is 121 cm³/mol. The minimum absolute atomic E-state index is 0.0773. The Morgan fingerprint density at radius 1 is 1.03 bits per heavy atom. The second kappa shape index (κ2) is 10.3. The van der Waals surface area contributed by atoms with Crippen LogP contribution in [0.2, 0.25) is 0 Å². The van der Waals surface area contributed by atoms with E-state index in [1.807, 2.05) is 50.2 Å². The molecular weight excluding hydrogens is 408 g/mol. The number of carbonyl (C=O) groups excluding carboxylic acids is 2. The number of carboxylic acids is 1. The summed E-state index contributed by atoms with van der Waals surface area (Å²) in [6, 6.07) is 15.3. The number of likely N-dealkylation sites (N-methyl/N-ethyl adjacent to an activating group) is 1. The second-order valence-corrected chi connectivity index (χ2v) is 8.40. The van der Waals surface area contributed by atoms with E-state index in [0.717, 1.165) is 22.3 Å². The van der Waals surface area contributed by atoms with Crippen molar-refractivity contribution in [1.29, 1.82) is 0 Å². The highest BCUT2D eigenvalue weighted by Gasteiger charge is 2.31. The minimum atomic E-state index is -1.09. The molecule has 7 heteroatoms. The van der Waals surface area contributed by atoms with E-state index in [9.17, 15) is 14.4 Å². The van der Waals surface area contributed by atoms with E-state index in [0.29, 0.717) is 6.42 Å². The molecule has 1 aliphatic rings. The molecular formula is C25H30N2O5. The summed E-state index contributed by atoms with van der Waals surface area (Å²) in [7, 11) is 0. The van der Waals surface area contributed by atoms with Crippen LogP contribution in [0.25, 0.3) is 11.1 Å². The molecule has 0 spiro atoms. The summed E-state index contributed by atoms with van der Waals surface area (Å²) in [6.45, 7) is 5.57. The summed E-state index contributed by atoms with van der Waals surface area (Å²) in [5.74, 6) is -1.46. The third-order valence-corrected chi connectivity index (χ3v) is 5.66. The third-order valence-electron chi connectivity index (χ3n) is 5.66. The van der Waals surface area contributed by atoms with Gasteiger partial charge in [-0.1, -0.05) is 62.4 Å². The number of nitrogens with zero attached hydrogens (tertiary/aromatic N) is 1. The molecule has 2 aromatic carbocycles. The van der Waals surface area contributed by atoms with Crippen LogP contribution in [0.4, 0.5) is 4.79 Å². The Balaban J connectivity index is 1.69. The maximum Gasteiger partial charge on any atom is 0.407 e. The average Bonchev–Trinajstić information content (AvgIpc) is 3.08. The van der Waals surface area contributed by atoms with Crippen molar-refractivity contribution in [2.45, 2.75) is 39.2 Å². The lowest BCUT2D eigenvalue weighted by Gasteiger charge is -2.26. The Labute approximate surface area is 188 Å². The first-order valence-corrected chi connectivity index (χ1v) is 10.9. The number of amides is 2. The first-order chi connectivity index (χ1) is 15.3. The fourth-order valence-corrected chi connectivity index (χ4v) is 4.20. The highest BCUT2D eigenvalue weighted by molar-refractivity contribution is 5.88. The van der Waals surface area contributed by atoms with Crippen LogP contribution in [-0.4, -0.2) is 53.7 Å². The van der Waals surface area contributed by atoms with E-state index in [1.54, 1.807) is 6.92 Å². The summed E-state index contributed by atoms with van der Waals surface area (Å²) in [5.41, 5.74) is 4.49. The first-order valence-electron chi connectivity index (χ1n) is 10.9. The van der Waals surface area contributed by atoms with E-state index in [2.05, 4.69) is 17.4 Å². The number of benzene rings is 2. The van der Waals surface area contributed by atoms with Crippen molar-refractivity contribution in [3.63, 3.8) is 0 Å². The van der Waals surface area contributed by atoms with Crippen molar-refractivity contribution in [3.8, 4) is 11.1 Å². The number of hydrogen-bond acceptors (Lipinski definition) is 4. The molecule has 0 radical (unpaired) electrons. The van der Waals surface area contributed by atoms with Crippen LogP contribution < -0.4 is 5.32 Å². The molecule has 32 heavy (non-hydrogen) atoms. The second-order valence-electron chi connectivity index (χ2n) is 8.40. The standard InChI is InChI=1S/C25H30N2O5/c1-4-27(14-23(28)29)24(30)22(13-16(2)3)26-25(31)32-15-21-19-11-7-5-9-17(19)18-10-6-8-12-20(18)21/h5-12,16,21-22H,4,13-15H2,1-3H3,(H,26,31)(H,28,29). The van der Waals surface area contributed by atoms with Gasteiger partial charge in [-0.3, -0.25) is 9.59 Å². The summed E-state index contributed by atoms with van der Waals surface area (Å²) in [5, 5.41) is 11.7. The summed E-state index contributed by atoms with van der Waals surface area (Å²) < 4.78 is 5.56. The van der Waals surface area contributed by atoms with E-state index in [-0.39, 0.29) is 25.0 Å². The number of fused-ring (bicyclic) bond motifs is 3. The van der Waals surface area contributed by atoms with E-state index >= 15 is 0 Å². The van der Waals surface area contributed by atoms with Gasteiger partial charge in [0.2, 0.25) is 5.91 Å². The number of ether oxygens (including phenoxy) is 1. The molecule has 0 saturated carbocycles. The molecule has 2 N–H and O–H groups in total. The monoisotopic (exact) mass is 438 g/mol. The van der Waals surface area contributed by atoms with Crippen molar-refractivity contribution in [1.82, 2.24) is 10.2 Å². The Hall–Kier alpha value is -3.35. The van der Waals surface area contributed by atoms with Crippen molar-refractivity contribution < 1.29 is 24.2 Å². The smallest absolute Gasteiger partial charge is 0.407 e. The largest absolute Gasteiger partial charge is 0.480 e. The van der Waals surface area contributed by atoms with Crippen LogP contribution in [-0.2, 0) is 14.3 Å². The molecule has 3 rings (SSSR count). The van der Waals surface area contributed by atoms with Gasteiger partial charge in [-0.15, -0.1) is 0 Å². The molecule has 2 aromatic rings. The third kappa shape index (κ3) is 5.28. The highest BCUT2D eigenvalue weighted by Crippen LogP contribution is 2.44. The Kier molecular flexibility index (Phi) is 7.51. The normalized spacial score (nSPS) is 13.2. The fourth-order valence-electron chi connectivity index (χ4n) is 4.20. The Bertz CT molecular complexity index is 942. The lowest BCUT2D eigenvalue weighted by Crippen LogP contribution is -2.50. The SMILES string of the molecule is CCN(CC(=O)O)C(=O)C(CC(C)C)NC(=O)OCC1c2ccccc2-c2ccccc21. The fraction of sp³-hybridized carbons (Fsp3) is 0.400. The van der Waals surface area contributed by atoms with E-state index in [1.165, 1.54) is 4.90 Å². The number of carbonyl (C=O) groups is 3. The van der Waals surface area contributed by atoms with Crippen LogP contribution in [0.1, 0.15) is 44.2 Å². The number of carboxylic acid groups (broad SMARTS) is 1. The number of aliphatic carboxylic acids is 1. The number of hydrogen-bond donors (Lipinski definition) is 2. The van der Waals surface area contributed by atoms with Gasteiger partial charge in [0.15, 0.2) is 0 Å². The quantitative estimate of drug-likeness (QED) is 0.620. The average molecular weight is 439 g/mol. The molecule has 0 aromatic heterocycles. The predicted octanol–water partition coefficient (Wildman–Crippen LogP) is 3.87. The summed E-state index contributed by atoms with van der Waals surface area (Å²) in [6.07, 6.45) is -0.295. The first kappa shape index (κ1) is 23.3. The van der Waals surface area contributed by atoms with Crippen molar-refractivity contribution in [2.24, 2.45) is 5.92 Å². The molecule has 2 amide bonds. The molecule has 1 atom stereocenters. The summed E-state index contributed by atoms with van der Waals surface area (Å²) >= 11 is 0. The van der Waals surface area contributed by atoms with Gasteiger partial charge in [0.25, 0.3) is 0 Å². The molecule has 0 fully saturated rings. The van der Waals surface area contributed by atoms with Crippen LogP contribution in [0.15, 0.2) is 48.5 Å². The molecule has 1 aliphatic carbocycles. The molecule has 1 unspecified atom stereocenters.